The van der Waals surface area contributed by atoms with Crippen molar-refractivity contribution >= 4 is 5.91 Å². The summed E-state index contributed by atoms with van der Waals surface area (Å²) in [6.45, 7) is 8.65. The number of aliphatic hydroxyl groups excluding tert-OH is 3. The van der Waals surface area contributed by atoms with Crippen LogP contribution in [0.15, 0.2) is 0 Å². The van der Waals surface area contributed by atoms with Crippen molar-refractivity contribution in [3.8, 4) is 0 Å². The average Bonchev–Trinajstić information content (AvgIpc) is 3.15. The molecule has 4 saturated carbocycles. The lowest BCUT2D eigenvalue weighted by atomic mass is 9.43. The number of amides is 1. The van der Waals surface area contributed by atoms with E-state index in [0.29, 0.717) is 36.0 Å². The summed E-state index contributed by atoms with van der Waals surface area (Å²) in [4.78, 5) is 14.6. The van der Waals surface area contributed by atoms with Crippen molar-refractivity contribution in [2.75, 3.05) is 27.2 Å². The Labute approximate surface area is 213 Å². The molecule has 6 nitrogen and oxygen atoms in total. The van der Waals surface area contributed by atoms with Crippen molar-refractivity contribution in [3.63, 3.8) is 0 Å². The molecule has 6 heteroatoms. The largest absolute Gasteiger partial charge is 0.393 e. The molecule has 0 aromatic heterocycles. The quantitative estimate of drug-likeness (QED) is 0.390. The molecule has 4 aliphatic carbocycles. The van der Waals surface area contributed by atoms with Crippen LogP contribution in [0.2, 0.25) is 0 Å². The number of carbonyl (C=O) groups excluding carboxylic acids is 1. The summed E-state index contributed by atoms with van der Waals surface area (Å²) >= 11 is 0. The third kappa shape index (κ3) is 5.06. The fraction of sp³-hybridized carbons (Fsp3) is 0.966. The minimum absolute atomic E-state index is 0.111. The minimum atomic E-state index is -0.363. The molecule has 202 valence electrons. The molecular weight excluding hydrogens is 440 g/mol. The van der Waals surface area contributed by atoms with E-state index in [-0.39, 0.29) is 41.0 Å². The van der Waals surface area contributed by atoms with Gasteiger partial charge < -0.3 is 25.5 Å². The maximum atomic E-state index is 12.4. The number of nitrogens with zero attached hydrogens (tertiary/aromatic N) is 1. The second-order valence-corrected chi connectivity index (χ2v) is 13.5. The Morgan fingerprint density at radius 2 is 1.80 bits per heavy atom. The topological polar surface area (TPSA) is 93.0 Å². The number of nitrogens with one attached hydrogen (secondary N) is 1. The van der Waals surface area contributed by atoms with Crippen LogP contribution in [0.1, 0.15) is 85.0 Å². The van der Waals surface area contributed by atoms with Crippen molar-refractivity contribution < 1.29 is 20.1 Å². The molecule has 0 aromatic rings. The van der Waals surface area contributed by atoms with Gasteiger partial charge in [-0.05, 0) is 125 Å². The minimum Gasteiger partial charge on any atom is -0.393 e. The van der Waals surface area contributed by atoms with Crippen molar-refractivity contribution in [2.24, 2.45) is 46.3 Å². The van der Waals surface area contributed by atoms with Crippen molar-refractivity contribution in [1.29, 1.82) is 0 Å². The molecule has 0 bridgehead atoms. The van der Waals surface area contributed by atoms with Gasteiger partial charge in [0.25, 0.3) is 0 Å². The lowest BCUT2D eigenvalue weighted by molar-refractivity contribution is -0.207. The lowest BCUT2D eigenvalue weighted by Crippen LogP contribution is -2.62. The molecule has 0 radical (unpaired) electrons. The van der Waals surface area contributed by atoms with Gasteiger partial charge in [0.2, 0.25) is 5.91 Å². The van der Waals surface area contributed by atoms with Crippen LogP contribution in [-0.2, 0) is 4.79 Å². The first-order chi connectivity index (χ1) is 16.5. The second kappa shape index (κ2) is 10.6. The first-order valence-corrected chi connectivity index (χ1v) is 14.4. The summed E-state index contributed by atoms with van der Waals surface area (Å²) in [5.41, 5.74) is -0.0824. The van der Waals surface area contributed by atoms with Crippen LogP contribution in [0.3, 0.4) is 0 Å². The molecule has 0 saturated heterocycles. The van der Waals surface area contributed by atoms with Crippen LogP contribution in [0.5, 0.6) is 0 Å². The molecule has 11 atom stereocenters. The van der Waals surface area contributed by atoms with Crippen molar-refractivity contribution in [2.45, 2.75) is 103 Å². The van der Waals surface area contributed by atoms with E-state index in [1.54, 1.807) is 0 Å². The van der Waals surface area contributed by atoms with Crippen LogP contribution >= 0.6 is 0 Å². The Hall–Kier alpha value is -0.690. The Morgan fingerprint density at radius 3 is 2.51 bits per heavy atom. The van der Waals surface area contributed by atoms with Gasteiger partial charge in [-0.2, -0.15) is 0 Å². The fourth-order valence-corrected chi connectivity index (χ4v) is 9.40. The van der Waals surface area contributed by atoms with E-state index >= 15 is 0 Å². The smallest absolute Gasteiger partial charge is 0.220 e. The maximum Gasteiger partial charge on any atom is 0.220 e. The van der Waals surface area contributed by atoms with Crippen LogP contribution in [-0.4, -0.2) is 71.6 Å². The first kappa shape index (κ1) is 27.3. The molecular formula is C29H52N2O4. The third-order valence-electron chi connectivity index (χ3n) is 11.5. The van der Waals surface area contributed by atoms with Crippen LogP contribution < -0.4 is 5.32 Å². The zero-order chi connectivity index (χ0) is 25.5. The third-order valence-corrected chi connectivity index (χ3v) is 11.5. The number of aliphatic hydroxyl groups is 3. The highest BCUT2D eigenvalue weighted by molar-refractivity contribution is 5.75. The van der Waals surface area contributed by atoms with Gasteiger partial charge in [-0.25, -0.2) is 0 Å². The van der Waals surface area contributed by atoms with Gasteiger partial charge in [0.15, 0.2) is 0 Å². The highest BCUT2D eigenvalue weighted by Gasteiger charge is 2.65. The summed E-state index contributed by atoms with van der Waals surface area (Å²) in [5.74, 6) is 2.17. The van der Waals surface area contributed by atoms with E-state index in [4.69, 9.17) is 0 Å². The van der Waals surface area contributed by atoms with E-state index in [2.05, 4.69) is 31.0 Å². The van der Waals surface area contributed by atoms with Gasteiger partial charge in [-0.3, -0.25) is 4.79 Å². The monoisotopic (exact) mass is 492 g/mol. The predicted molar refractivity (Wildman–Crippen MR) is 139 cm³/mol. The van der Waals surface area contributed by atoms with E-state index in [1.807, 2.05) is 14.1 Å². The number of fused-ring (bicyclic) bond motifs is 5. The number of hydrogen-bond acceptors (Lipinski definition) is 5. The van der Waals surface area contributed by atoms with Crippen LogP contribution in [0, 0.1) is 46.3 Å². The molecule has 4 rings (SSSR count). The van der Waals surface area contributed by atoms with Crippen LogP contribution in [0.4, 0.5) is 0 Å². The van der Waals surface area contributed by atoms with Gasteiger partial charge in [0, 0.05) is 13.0 Å². The van der Waals surface area contributed by atoms with E-state index in [9.17, 15) is 20.1 Å². The van der Waals surface area contributed by atoms with Gasteiger partial charge in [0.05, 0.1) is 18.3 Å². The molecule has 0 aliphatic heterocycles. The summed E-state index contributed by atoms with van der Waals surface area (Å²) < 4.78 is 0. The van der Waals surface area contributed by atoms with Crippen molar-refractivity contribution in [1.82, 2.24) is 10.2 Å². The van der Waals surface area contributed by atoms with E-state index in [0.717, 1.165) is 70.9 Å². The van der Waals surface area contributed by atoms with E-state index in [1.165, 1.54) is 0 Å². The molecule has 0 spiro atoms. The highest BCUT2D eigenvalue weighted by atomic mass is 16.3. The molecule has 4 aliphatic rings. The Balaban J connectivity index is 1.41. The fourth-order valence-electron chi connectivity index (χ4n) is 9.40. The molecule has 4 N–H and O–H groups in total. The highest BCUT2D eigenvalue weighted by Crippen LogP contribution is 2.68. The lowest BCUT2D eigenvalue weighted by Gasteiger charge is -2.63. The van der Waals surface area contributed by atoms with E-state index < -0.39 is 0 Å². The maximum absolute atomic E-state index is 12.4. The number of rotatable bonds is 8. The summed E-state index contributed by atoms with van der Waals surface area (Å²) in [7, 11) is 4.09. The first-order valence-electron chi connectivity index (χ1n) is 14.4. The zero-order valence-electron chi connectivity index (χ0n) is 22.9. The molecule has 4 fully saturated rings. The van der Waals surface area contributed by atoms with Crippen molar-refractivity contribution in [3.05, 3.63) is 0 Å². The summed E-state index contributed by atoms with van der Waals surface area (Å²) in [5, 5.41) is 36.5. The van der Waals surface area contributed by atoms with Crippen LogP contribution in [0.25, 0.3) is 0 Å². The molecule has 0 heterocycles. The number of carbonyl (C=O) groups is 1. The summed E-state index contributed by atoms with van der Waals surface area (Å²) in [6.07, 6.45) is 7.81. The number of hydrogen-bond donors (Lipinski definition) is 4. The Kier molecular flexibility index (Phi) is 8.27. The van der Waals surface area contributed by atoms with Gasteiger partial charge in [0.1, 0.15) is 0 Å². The molecule has 0 aromatic carbocycles. The molecule has 35 heavy (non-hydrogen) atoms. The summed E-state index contributed by atoms with van der Waals surface area (Å²) in [6, 6.07) is 0. The Morgan fingerprint density at radius 1 is 1.06 bits per heavy atom. The zero-order valence-corrected chi connectivity index (χ0v) is 22.9. The SMILES string of the molecule is C[C@H](CCC(=O)NCCCN(C)C)[C@H]1CC[C@H]2[C@@H]3[C@H](O)C[C@H]4C[C@H](O)CC[C@]4(C)[C@H]3C[C@H](O)[C@]12C. The standard InChI is InChI=1S/C29H52N2O4/c1-18(7-10-26(35)30-13-6-14-31(4)5)21-8-9-22-27-23(17-25(34)29(21,22)3)28(2)12-11-20(32)15-19(28)16-24(27)33/h18-25,27,32-34H,6-17H2,1-5H3,(H,30,35)/t18-,19-,20-,21-,22+,23+,24-,25+,27+,28+,29-/m1/s1. The predicted octanol–water partition coefficient (Wildman–Crippen LogP) is 3.43. The normalized spacial score (nSPS) is 46.0. The van der Waals surface area contributed by atoms with Gasteiger partial charge in [-0.1, -0.05) is 20.8 Å². The van der Waals surface area contributed by atoms with Gasteiger partial charge >= 0.3 is 0 Å². The molecule has 0 unspecified atom stereocenters. The van der Waals surface area contributed by atoms with Gasteiger partial charge in [-0.15, -0.1) is 0 Å². The second-order valence-electron chi connectivity index (χ2n) is 13.5. The Bertz CT molecular complexity index is 746. The average molecular weight is 493 g/mol. The molecule has 1 amide bonds.